The lowest BCUT2D eigenvalue weighted by Crippen LogP contribution is -2.52. The second kappa shape index (κ2) is 18.2. The van der Waals surface area contributed by atoms with Gasteiger partial charge in [0.25, 0.3) is 0 Å². The standard InChI is InChI=1S/C29H43N4O7P/c1-6-19-30-25(34)13-16-29(17-14-26(35)31-20-7-2,18-15-27(36)32-21-8-3)33-28(37)23-9-11-24(12-10-23)40-41(38,39)22(4)5/h1-3,22-24H,9-21H2,4-5H3,(H,30,34)(H,31,35)(H,32,36)(H,33,37)(H,38,39)/t23-,24-. The minimum absolute atomic E-state index is 0.00147. The first kappa shape index (κ1) is 35.7. The van der Waals surface area contributed by atoms with Crippen molar-refractivity contribution in [3.8, 4) is 37.0 Å². The molecule has 0 spiro atoms. The topological polar surface area (TPSA) is 163 Å². The minimum Gasteiger partial charge on any atom is -0.350 e. The van der Waals surface area contributed by atoms with Crippen molar-refractivity contribution >= 4 is 31.2 Å². The van der Waals surface area contributed by atoms with Crippen LogP contribution in [0.5, 0.6) is 0 Å². The number of rotatable bonds is 17. The summed E-state index contributed by atoms with van der Waals surface area (Å²) in [6.45, 7) is 3.37. The molecule has 0 aromatic carbocycles. The Hall–Kier alpha value is -3.29. The molecular formula is C29H43N4O7P. The molecule has 226 valence electrons. The normalized spacial score (nSPS) is 18.1. The number of hydrogen-bond acceptors (Lipinski definition) is 6. The number of nitrogens with one attached hydrogen (secondary N) is 4. The molecule has 11 nitrogen and oxygen atoms in total. The van der Waals surface area contributed by atoms with Gasteiger partial charge in [0.1, 0.15) is 0 Å². The van der Waals surface area contributed by atoms with Crippen molar-refractivity contribution < 1.29 is 33.2 Å². The van der Waals surface area contributed by atoms with Crippen LogP contribution >= 0.6 is 7.60 Å². The molecule has 0 radical (unpaired) electrons. The Balaban J connectivity index is 3.09. The molecular weight excluding hydrogens is 547 g/mol. The monoisotopic (exact) mass is 590 g/mol. The summed E-state index contributed by atoms with van der Waals surface area (Å²) in [6, 6.07) is 0. The summed E-state index contributed by atoms with van der Waals surface area (Å²) in [7, 11) is -3.74. The van der Waals surface area contributed by atoms with Crippen LogP contribution in [0, 0.1) is 42.9 Å². The molecule has 0 heterocycles. The number of amides is 4. The van der Waals surface area contributed by atoms with Gasteiger partial charge in [0.05, 0.1) is 31.4 Å². The molecule has 0 bridgehead atoms. The Kier molecular flexibility index (Phi) is 15.9. The highest BCUT2D eigenvalue weighted by Crippen LogP contribution is 2.50. The van der Waals surface area contributed by atoms with Gasteiger partial charge < -0.3 is 30.7 Å². The zero-order valence-corrected chi connectivity index (χ0v) is 24.9. The van der Waals surface area contributed by atoms with Gasteiger partial charge in [0.2, 0.25) is 23.6 Å². The summed E-state index contributed by atoms with van der Waals surface area (Å²) in [4.78, 5) is 60.8. The maximum Gasteiger partial charge on any atom is 0.330 e. The lowest BCUT2D eigenvalue weighted by Gasteiger charge is -2.37. The third-order valence-corrected chi connectivity index (χ3v) is 8.95. The second-order valence-electron chi connectivity index (χ2n) is 10.4. The van der Waals surface area contributed by atoms with Crippen LogP contribution in [0.3, 0.4) is 0 Å². The summed E-state index contributed by atoms with van der Waals surface area (Å²) < 4.78 is 17.8. The van der Waals surface area contributed by atoms with E-state index in [1.807, 2.05) is 0 Å². The van der Waals surface area contributed by atoms with Crippen LogP contribution in [0.4, 0.5) is 0 Å². The number of carbonyl (C=O) groups excluding carboxylic acids is 4. The molecule has 5 N–H and O–H groups in total. The first-order valence-electron chi connectivity index (χ1n) is 13.8. The van der Waals surface area contributed by atoms with Crippen molar-refractivity contribution in [3.05, 3.63) is 0 Å². The molecule has 0 aliphatic heterocycles. The van der Waals surface area contributed by atoms with Gasteiger partial charge in [-0.05, 0) is 44.9 Å². The highest BCUT2D eigenvalue weighted by Gasteiger charge is 2.38. The Labute approximate surface area is 243 Å². The summed E-state index contributed by atoms with van der Waals surface area (Å²) in [5.41, 5.74) is -1.60. The van der Waals surface area contributed by atoms with E-state index in [0.29, 0.717) is 25.7 Å². The summed E-state index contributed by atoms with van der Waals surface area (Å²) in [6.07, 6.45) is 17.4. The Morgan fingerprint density at radius 2 is 1.22 bits per heavy atom. The summed E-state index contributed by atoms with van der Waals surface area (Å²) in [5.74, 6) is 5.32. The van der Waals surface area contributed by atoms with E-state index in [4.69, 9.17) is 23.8 Å². The zero-order valence-electron chi connectivity index (χ0n) is 24.0. The predicted octanol–water partition coefficient (Wildman–Crippen LogP) is 1.60. The zero-order chi connectivity index (χ0) is 30.9. The van der Waals surface area contributed by atoms with Crippen molar-refractivity contribution in [1.29, 1.82) is 0 Å². The fraction of sp³-hybridized carbons (Fsp3) is 0.655. The average molecular weight is 591 g/mol. The van der Waals surface area contributed by atoms with E-state index in [-0.39, 0.29) is 81.8 Å². The summed E-state index contributed by atoms with van der Waals surface area (Å²) in [5, 5.41) is 10.8. The highest BCUT2D eigenvalue weighted by atomic mass is 31.2. The minimum atomic E-state index is -3.74. The fourth-order valence-electron chi connectivity index (χ4n) is 4.46. The van der Waals surface area contributed by atoms with Gasteiger partial charge in [-0.15, -0.1) is 19.3 Å². The van der Waals surface area contributed by atoms with Gasteiger partial charge in [-0.1, -0.05) is 31.6 Å². The van der Waals surface area contributed by atoms with E-state index in [0.717, 1.165) is 0 Å². The van der Waals surface area contributed by atoms with Gasteiger partial charge in [-0.2, -0.15) is 0 Å². The van der Waals surface area contributed by atoms with E-state index in [1.54, 1.807) is 13.8 Å². The lowest BCUT2D eigenvalue weighted by molar-refractivity contribution is -0.131. The predicted molar refractivity (Wildman–Crippen MR) is 156 cm³/mol. The molecule has 1 atom stereocenters. The highest BCUT2D eigenvalue weighted by molar-refractivity contribution is 7.53. The third kappa shape index (κ3) is 13.8. The lowest BCUT2D eigenvalue weighted by atomic mass is 9.81. The maximum atomic E-state index is 13.5. The van der Waals surface area contributed by atoms with E-state index < -0.39 is 30.8 Å². The average Bonchev–Trinajstić information content (AvgIpc) is 2.94. The fourth-order valence-corrected chi connectivity index (χ4v) is 5.35. The molecule has 41 heavy (non-hydrogen) atoms. The SMILES string of the molecule is C#CCNC(=O)CCC(CCC(=O)NCC#C)(CCC(=O)NCC#C)NC(=O)[C@H]1CC[C@H](OP(=O)(O)C(C)C)CC1. The van der Waals surface area contributed by atoms with E-state index >= 15 is 0 Å². The van der Waals surface area contributed by atoms with Gasteiger partial charge in [0, 0.05) is 30.7 Å². The van der Waals surface area contributed by atoms with Gasteiger partial charge in [0.15, 0.2) is 0 Å². The van der Waals surface area contributed by atoms with Crippen LogP contribution in [0.2, 0.25) is 0 Å². The Morgan fingerprint density at radius 3 is 1.56 bits per heavy atom. The van der Waals surface area contributed by atoms with E-state index in [9.17, 15) is 28.6 Å². The van der Waals surface area contributed by atoms with Crippen molar-refractivity contribution in [3.63, 3.8) is 0 Å². The largest absolute Gasteiger partial charge is 0.350 e. The molecule has 12 heteroatoms. The van der Waals surface area contributed by atoms with Crippen molar-refractivity contribution in [1.82, 2.24) is 21.3 Å². The smallest absolute Gasteiger partial charge is 0.330 e. The molecule has 0 saturated heterocycles. The van der Waals surface area contributed by atoms with Gasteiger partial charge >= 0.3 is 7.60 Å². The molecule has 1 aliphatic carbocycles. The molecule has 1 fully saturated rings. The molecule has 1 aliphatic rings. The number of carbonyl (C=O) groups is 4. The first-order valence-corrected chi connectivity index (χ1v) is 15.5. The third-order valence-electron chi connectivity index (χ3n) is 7.04. The van der Waals surface area contributed by atoms with Crippen LogP contribution in [0.25, 0.3) is 0 Å². The van der Waals surface area contributed by atoms with E-state index in [1.165, 1.54) is 0 Å². The van der Waals surface area contributed by atoms with Crippen molar-refractivity contribution in [2.75, 3.05) is 19.6 Å². The van der Waals surface area contributed by atoms with Crippen LogP contribution in [-0.4, -0.2) is 65.5 Å². The van der Waals surface area contributed by atoms with Crippen LogP contribution in [-0.2, 0) is 28.3 Å². The van der Waals surface area contributed by atoms with E-state index in [2.05, 4.69) is 39.0 Å². The van der Waals surface area contributed by atoms with Crippen molar-refractivity contribution in [2.45, 2.75) is 95.4 Å². The molecule has 1 saturated carbocycles. The quantitative estimate of drug-likeness (QED) is 0.127. The molecule has 4 amide bonds. The van der Waals surface area contributed by atoms with Crippen LogP contribution in [0.15, 0.2) is 0 Å². The molecule has 1 unspecified atom stereocenters. The van der Waals surface area contributed by atoms with Crippen LogP contribution in [0.1, 0.15) is 78.1 Å². The number of terminal acetylenes is 3. The van der Waals surface area contributed by atoms with Gasteiger partial charge in [-0.3, -0.25) is 23.7 Å². The van der Waals surface area contributed by atoms with Gasteiger partial charge in [-0.25, -0.2) is 0 Å². The molecule has 1 rings (SSSR count). The van der Waals surface area contributed by atoms with Crippen molar-refractivity contribution in [2.24, 2.45) is 5.92 Å². The first-order chi connectivity index (χ1) is 19.4. The second-order valence-corrected chi connectivity index (χ2v) is 12.8. The molecule has 0 aromatic heterocycles. The molecule has 0 aromatic rings. The number of hydrogen-bond donors (Lipinski definition) is 5. The summed E-state index contributed by atoms with van der Waals surface area (Å²) >= 11 is 0. The Bertz CT molecular complexity index is 995. The van der Waals surface area contributed by atoms with Crippen LogP contribution < -0.4 is 21.3 Å². The maximum absolute atomic E-state index is 13.5. The Morgan fingerprint density at radius 1 is 0.829 bits per heavy atom.